The lowest BCUT2D eigenvalue weighted by Crippen LogP contribution is -2.47. The molecule has 3 aromatic carbocycles. The Morgan fingerprint density at radius 3 is 2.54 bits per heavy atom. The zero-order chi connectivity index (χ0) is 26.0. The lowest BCUT2D eigenvalue weighted by molar-refractivity contribution is -0.142. The fraction of sp³-hybridized carbons (Fsp3) is 0.296. The van der Waals surface area contributed by atoms with Crippen LogP contribution >= 0.6 is 0 Å². The number of ether oxygens (including phenoxy) is 2. The van der Waals surface area contributed by atoms with Crippen LogP contribution in [0.4, 0.5) is 10.1 Å². The first kappa shape index (κ1) is 25.2. The largest absolute Gasteiger partial charge is 0.487 e. The third kappa shape index (κ3) is 5.61. The van der Waals surface area contributed by atoms with E-state index in [0.717, 1.165) is 23.3 Å². The Morgan fingerprint density at radius 2 is 1.81 bits per heavy atom. The summed E-state index contributed by atoms with van der Waals surface area (Å²) in [5.41, 5.74) is 2.10. The van der Waals surface area contributed by atoms with Crippen molar-refractivity contribution in [2.45, 2.75) is 48.5 Å². The molecule has 194 valence electrons. The molecule has 2 heterocycles. The highest BCUT2D eigenvalue weighted by Crippen LogP contribution is 2.47. The van der Waals surface area contributed by atoms with Crippen LogP contribution in [0.2, 0.25) is 0 Å². The fourth-order valence-corrected chi connectivity index (χ4v) is 5.91. The molecule has 5 rings (SSSR count). The maximum absolute atomic E-state index is 13.2. The number of aliphatic hydroxyl groups excluding tert-OH is 1. The smallest absolute Gasteiger partial charge is 0.261 e. The number of aliphatic hydroxyl groups is 1. The predicted molar refractivity (Wildman–Crippen MR) is 134 cm³/mol. The molecule has 0 aliphatic carbocycles. The molecule has 1 fully saturated rings. The Balaban J connectivity index is 1.29. The molecule has 2 aliphatic rings. The summed E-state index contributed by atoms with van der Waals surface area (Å²) in [5.74, 6) is -0.302. The number of carbonyl (C=O) groups excluding carboxylic acids is 1. The monoisotopic (exact) mass is 526 g/mol. The molecule has 4 atom stereocenters. The van der Waals surface area contributed by atoms with Crippen LogP contribution in [0.1, 0.15) is 29.9 Å². The number of carbonyl (C=O) groups is 1. The van der Waals surface area contributed by atoms with E-state index in [2.05, 4.69) is 10.0 Å². The fourth-order valence-electron chi connectivity index (χ4n) is 4.86. The van der Waals surface area contributed by atoms with Crippen molar-refractivity contribution in [1.29, 1.82) is 0 Å². The maximum Gasteiger partial charge on any atom is 0.261 e. The normalized spacial score (nSPS) is 22.4. The van der Waals surface area contributed by atoms with Crippen molar-refractivity contribution in [3.63, 3.8) is 0 Å². The Kier molecular flexibility index (Phi) is 7.14. The standard InChI is InChI=1S/C27H27FN2O6S/c28-18-6-9-21(10-7-18)37(33,34)30-19-8-11-24-22(12-19)23-13-20(35-25(16-31)27(23)36-24)14-26(32)29-15-17-4-2-1-3-5-17/h1-12,20,23,25,27,30-31H,13-16H2,(H,29,32)/t20-,23-,25-,27+/m1/s1. The molecule has 0 saturated carbocycles. The SMILES string of the molecule is O=C(C[C@H]1C[C@@H]2c3cc(NS(=O)(=O)c4ccc(F)cc4)ccc3O[C@@H]2[C@@H](CO)O1)NCc1ccccc1. The van der Waals surface area contributed by atoms with Gasteiger partial charge in [0.15, 0.2) is 0 Å². The van der Waals surface area contributed by atoms with Crippen molar-refractivity contribution in [3.05, 3.63) is 89.7 Å². The Bertz CT molecular complexity index is 1370. The molecule has 0 radical (unpaired) electrons. The Morgan fingerprint density at radius 1 is 1.05 bits per heavy atom. The molecule has 0 bridgehead atoms. The summed E-state index contributed by atoms with van der Waals surface area (Å²) in [7, 11) is -3.92. The molecule has 3 aromatic rings. The summed E-state index contributed by atoms with van der Waals surface area (Å²) in [5, 5.41) is 12.8. The van der Waals surface area contributed by atoms with Gasteiger partial charge in [0.2, 0.25) is 5.91 Å². The summed E-state index contributed by atoms with van der Waals surface area (Å²) in [4.78, 5) is 12.5. The van der Waals surface area contributed by atoms with Gasteiger partial charge in [-0.2, -0.15) is 0 Å². The summed E-state index contributed by atoms with van der Waals surface area (Å²) in [6.45, 7) is 0.132. The third-order valence-electron chi connectivity index (χ3n) is 6.62. The molecule has 1 amide bonds. The highest BCUT2D eigenvalue weighted by molar-refractivity contribution is 7.92. The quantitative estimate of drug-likeness (QED) is 0.415. The molecule has 3 N–H and O–H groups in total. The van der Waals surface area contributed by atoms with Crippen molar-refractivity contribution in [3.8, 4) is 5.75 Å². The van der Waals surface area contributed by atoms with Crippen LogP contribution in [-0.2, 0) is 26.1 Å². The summed E-state index contributed by atoms with van der Waals surface area (Å²) < 4.78 is 53.3. The maximum atomic E-state index is 13.2. The van der Waals surface area contributed by atoms with E-state index in [4.69, 9.17) is 9.47 Å². The first-order valence-corrected chi connectivity index (χ1v) is 13.5. The van der Waals surface area contributed by atoms with Crippen LogP contribution < -0.4 is 14.8 Å². The van der Waals surface area contributed by atoms with E-state index < -0.39 is 34.2 Å². The van der Waals surface area contributed by atoms with Gasteiger partial charge in [-0.25, -0.2) is 12.8 Å². The van der Waals surface area contributed by atoms with Crippen LogP contribution in [0.15, 0.2) is 77.7 Å². The van der Waals surface area contributed by atoms with E-state index in [1.165, 1.54) is 12.1 Å². The second-order valence-corrected chi connectivity index (χ2v) is 10.9. The van der Waals surface area contributed by atoms with E-state index in [1.54, 1.807) is 18.2 Å². The van der Waals surface area contributed by atoms with E-state index in [-0.39, 0.29) is 29.7 Å². The summed E-state index contributed by atoms with van der Waals surface area (Å²) in [6, 6.07) is 19.1. The first-order chi connectivity index (χ1) is 17.8. The minimum absolute atomic E-state index is 0.0588. The second kappa shape index (κ2) is 10.5. The van der Waals surface area contributed by atoms with Crippen molar-refractivity contribution >= 4 is 21.6 Å². The van der Waals surface area contributed by atoms with Crippen molar-refractivity contribution < 1.29 is 32.2 Å². The lowest BCUT2D eigenvalue weighted by atomic mass is 9.84. The zero-order valence-corrected chi connectivity index (χ0v) is 20.7. The van der Waals surface area contributed by atoms with Crippen molar-refractivity contribution in [1.82, 2.24) is 5.32 Å². The molecular formula is C27H27FN2O6S. The number of benzene rings is 3. The minimum Gasteiger partial charge on any atom is -0.487 e. The average molecular weight is 527 g/mol. The van der Waals surface area contributed by atoms with Crippen LogP contribution in [0.25, 0.3) is 0 Å². The molecule has 2 aliphatic heterocycles. The molecule has 37 heavy (non-hydrogen) atoms. The first-order valence-electron chi connectivity index (χ1n) is 12.0. The van der Waals surface area contributed by atoms with Crippen molar-refractivity contribution in [2.24, 2.45) is 0 Å². The molecule has 0 aromatic heterocycles. The van der Waals surface area contributed by atoms with Crippen LogP contribution in [0, 0.1) is 5.82 Å². The number of hydrogen-bond donors (Lipinski definition) is 3. The topological polar surface area (TPSA) is 114 Å². The zero-order valence-electron chi connectivity index (χ0n) is 19.8. The number of amides is 1. The number of nitrogens with one attached hydrogen (secondary N) is 2. The third-order valence-corrected chi connectivity index (χ3v) is 8.02. The van der Waals surface area contributed by atoms with Crippen LogP contribution in [0.3, 0.4) is 0 Å². The number of anilines is 1. The molecule has 1 saturated heterocycles. The number of rotatable bonds is 8. The van der Waals surface area contributed by atoms with Gasteiger partial charge in [0, 0.05) is 23.7 Å². The van der Waals surface area contributed by atoms with Gasteiger partial charge >= 0.3 is 0 Å². The Labute approximate surface area is 214 Å². The molecule has 0 unspecified atom stereocenters. The predicted octanol–water partition coefficient (Wildman–Crippen LogP) is 3.33. The molecule has 10 heteroatoms. The Hall–Kier alpha value is -3.47. The molecule has 8 nitrogen and oxygen atoms in total. The van der Waals surface area contributed by atoms with Gasteiger partial charge in [0.05, 0.1) is 24.0 Å². The van der Waals surface area contributed by atoms with E-state index >= 15 is 0 Å². The summed E-state index contributed by atoms with van der Waals surface area (Å²) in [6.07, 6.45) is -0.923. The van der Waals surface area contributed by atoms with Gasteiger partial charge in [-0.05, 0) is 54.4 Å². The van der Waals surface area contributed by atoms with Gasteiger partial charge in [-0.15, -0.1) is 0 Å². The molecular weight excluding hydrogens is 499 g/mol. The molecule has 0 spiro atoms. The highest BCUT2D eigenvalue weighted by atomic mass is 32.2. The number of halogens is 1. The van der Waals surface area contributed by atoms with Crippen LogP contribution in [-0.4, -0.2) is 44.4 Å². The van der Waals surface area contributed by atoms with Gasteiger partial charge in [0.1, 0.15) is 23.8 Å². The van der Waals surface area contributed by atoms with Gasteiger partial charge < -0.3 is 19.9 Å². The average Bonchev–Trinajstić information content (AvgIpc) is 3.25. The number of hydrogen-bond acceptors (Lipinski definition) is 6. The van der Waals surface area contributed by atoms with Crippen molar-refractivity contribution in [2.75, 3.05) is 11.3 Å². The van der Waals surface area contributed by atoms with E-state index in [0.29, 0.717) is 24.4 Å². The second-order valence-electron chi connectivity index (χ2n) is 9.18. The van der Waals surface area contributed by atoms with E-state index in [1.807, 2.05) is 30.3 Å². The highest BCUT2D eigenvalue weighted by Gasteiger charge is 2.46. The summed E-state index contributed by atoms with van der Waals surface area (Å²) >= 11 is 0. The van der Waals surface area contributed by atoms with Crippen LogP contribution in [0.5, 0.6) is 5.75 Å². The van der Waals surface area contributed by atoms with Gasteiger partial charge in [-0.3, -0.25) is 9.52 Å². The number of fused-ring (bicyclic) bond motifs is 3. The van der Waals surface area contributed by atoms with Gasteiger partial charge in [0.25, 0.3) is 10.0 Å². The van der Waals surface area contributed by atoms with E-state index in [9.17, 15) is 22.7 Å². The number of sulfonamides is 1. The minimum atomic E-state index is -3.92. The van der Waals surface area contributed by atoms with Gasteiger partial charge in [-0.1, -0.05) is 30.3 Å². The lowest BCUT2D eigenvalue weighted by Gasteiger charge is -2.37.